The van der Waals surface area contributed by atoms with E-state index in [1.807, 2.05) is 0 Å². The van der Waals surface area contributed by atoms with Gasteiger partial charge in [0.1, 0.15) is 5.76 Å². The molecular formula is C13H13N3O4. The fourth-order valence-electron chi connectivity index (χ4n) is 1.42. The standard InChI is InChI=1S/C13H13N3O4/c1-3-11(8(2)12(17)18)20-13(19)9-4-6-10(7-5-9)15-16-14/h4-7H,3H2,1-2H3,(H,17,18)/b11-8+. The van der Waals surface area contributed by atoms with E-state index < -0.39 is 11.9 Å². The smallest absolute Gasteiger partial charge is 0.343 e. The molecule has 20 heavy (non-hydrogen) atoms. The number of ether oxygens (including phenoxy) is 1. The Morgan fingerprint density at radius 1 is 1.35 bits per heavy atom. The molecule has 0 amide bonds. The third kappa shape index (κ3) is 3.86. The normalized spacial score (nSPS) is 11.1. The molecule has 0 saturated carbocycles. The molecule has 0 aromatic heterocycles. The van der Waals surface area contributed by atoms with Crippen LogP contribution in [0.4, 0.5) is 5.69 Å². The molecule has 0 spiro atoms. The van der Waals surface area contributed by atoms with E-state index in [9.17, 15) is 9.59 Å². The van der Waals surface area contributed by atoms with E-state index in [1.165, 1.54) is 31.2 Å². The van der Waals surface area contributed by atoms with Gasteiger partial charge in [0.25, 0.3) is 0 Å². The number of carbonyl (C=O) groups excluding carboxylic acids is 1. The van der Waals surface area contributed by atoms with E-state index in [0.29, 0.717) is 12.1 Å². The molecule has 7 nitrogen and oxygen atoms in total. The van der Waals surface area contributed by atoms with Crippen molar-refractivity contribution in [2.75, 3.05) is 0 Å². The Kier molecular flexibility index (Phi) is 5.31. The van der Waals surface area contributed by atoms with Crippen LogP contribution in [0.1, 0.15) is 30.6 Å². The number of aliphatic carboxylic acids is 1. The number of hydrogen-bond donors (Lipinski definition) is 1. The van der Waals surface area contributed by atoms with Crippen LogP contribution in [0.5, 0.6) is 0 Å². The number of allylic oxidation sites excluding steroid dienone is 1. The van der Waals surface area contributed by atoms with Crippen molar-refractivity contribution in [2.45, 2.75) is 20.3 Å². The number of esters is 1. The van der Waals surface area contributed by atoms with Gasteiger partial charge < -0.3 is 9.84 Å². The van der Waals surface area contributed by atoms with Gasteiger partial charge in [0.05, 0.1) is 11.1 Å². The molecule has 1 rings (SSSR count). The van der Waals surface area contributed by atoms with E-state index >= 15 is 0 Å². The van der Waals surface area contributed by atoms with E-state index in [2.05, 4.69) is 10.0 Å². The minimum absolute atomic E-state index is 0.00782. The van der Waals surface area contributed by atoms with E-state index in [-0.39, 0.29) is 16.9 Å². The maximum absolute atomic E-state index is 11.9. The van der Waals surface area contributed by atoms with Crippen molar-refractivity contribution in [2.24, 2.45) is 5.11 Å². The van der Waals surface area contributed by atoms with Crippen molar-refractivity contribution < 1.29 is 19.4 Å². The molecule has 0 unspecified atom stereocenters. The molecule has 1 aromatic rings. The highest BCUT2D eigenvalue weighted by Crippen LogP contribution is 2.17. The summed E-state index contributed by atoms with van der Waals surface area (Å²) in [6, 6.07) is 5.82. The lowest BCUT2D eigenvalue weighted by molar-refractivity contribution is -0.132. The second-order valence-electron chi connectivity index (χ2n) is 3.83. The van der Waals surface area contributed by atoms with Crippen molar-refractivity contribution in [3.05, 3.63) is 51.6 Å². The molecule has 0 bridgehead atoms. The van der Waals surface area contributed by atoms with Gasteiger partial charge in [-0.15, -0.1) is 0 Å². The molecule has 0 radical (unpaired) electrons. The lowest BCUT2D eigenvalue weighted by atomic mass is 10.2. The summed E-state index contributed by atoms with van der Waals surface area (Å²) in [4.78, 5) is 25.3. The van der Waals surface area contributed by atoms with Crippen LogP contribution >= 0.6 is 0 Å². The highest BCUT2D eigenvalue weighted by molar-refractivity contribution is 5.92. The molecular weight excluding hydrogens is 262 g/mol. The molecule has 0 aliphatic rings. The summed E-state index contributed by atoms with van der Waals surface area (Å²) in [7, 11) is 0. The lowest BCUT2D eigenvalue weighted by Crippen LogP contribution is -2.09. The van der Waals surface area contributed by atoms with Crippen LogP contribution in [0.15, 0.2) is 40.7 Å². The fraction of sp³-hybridized carbons (Fsp3) is 0.231. The van der Waals surface area contributed by atoms with Gasteiger partial charge in [-0.1, -0.05) is 24.2 Å². The topological polar surface area (TPSA) is 112 Å². The Bertz CT molecular complexity index is 599. The van der Waals surface area contributed by atoms with Crippen LogP contribution in [0.2, 0.25) is 0 Å². The molecule has 0 saturated heterocycles. The lowest BCUT2D eigenvalue weighted by Gasteiger charge is -2.09. The Labute approximate surface area is 115 Å². The zero-order valence-electron chi connectivity index (χ0n) is 11.0. The van der Waals surface area contributed by atoms with Crippen LogP contribution in [0.3, 0.4) is 0 Å². The van der Waals surface area contributed by atoms with Crippen molar-refractivity contribution in [3.63, 3.8) is 0 Å². The first-order valence-corrected chi connectivity index (χ1v) is 5.80. The van der Waals surface area contributed by atoms with Crippen molar-refractivity contribution in [1.29, 1.82) is 0 Å². The van der Waals surface area contributed by atoms with Gasteiger partial charge >= 0.3 is 11.9 Å². The van der Waals surface area contributed by atoms with Crippen LogP contribution in [-0.4, -0.2) is 17.0 Å². The first kappa shape index (κ1) is 15.3. The van der Waals surface area contributed by atoms with Crippen LogP contribution in [-0.2, 0) is 9.53 Å². The molecule has 0 atom stereocenters. The monoisotopic (exact) mass is 275 g/mol. The largest absolute Gasteiger partial charge is 0.478 e. The minimum atomic E-state index is -1.13. The van der Waals surface area contributed by atoms with E-state index in [4.69, 9.17) is 15.4 Å². The molecule has 0 heterocycles. The third-order valence-electron chi connectivity index (χ3n) is 2.54. The molecule has 0 aliphatic carbocycles. The number of carbonyl (C=O) groups is 2. The summed E-state index contributed by atoms with van der Waals surface area (Å²) in [6.45, 7) is 3.07. The SMILES string of the molecule is CC/C(OC(=O)c1ccc(N=[N+]=[N-])cc1)=C(/C)C(=O)O. The van der Waals surface area contributed by atoms with Gasteiger partial charge in [0.15, 0.2) is 0 Å². The zero-order valence-corrected chi connectivity index (χ0v) is 11.0. The van der Waals surface area contributed by atoms with E-state index in [1.54, 1.807) is 6.92 Å². The number of carboxylic acid groups (broad SMARTS) is 1. The van der Waals surface area contributed by atoms with Gasteiger partial charge in [-0.25, -0.2) is 9.59 Å². The predicted molar refractivity (Wildman–Crippen MR) is 71.3 cm³/mol. The summed E-state index contributed by atoms with van der Waals surface area (Å²) >= 11 is 0. The number of azide groups is 1. The van der Waals surface area contributed by atoms with E-state index in [0.717, 1.165) is 0 Å². The molecule has 7 heteroatoms. The van der Waals surface area contributed by atoms with Gasteiger partial charge in [0.2, 0.25) is 0 Å². The number of hydrogen-bond acceptors (Lipinski definition) is 4. The minimum Gasteiger partial charge on any atom is -0.478 e. The molecule has 1 aromatic carbocycles. The van der Waals surface area contributed by atoms with Crippen LogP contribution in [0.25, 0.3) is 10.4 Å². The first-order chi connectivity index (χ1) is 9.49. The predicted octanol–water partition coefficient (Wildman–Crippen LogP) is 3.55. The average molecular weight is 275 g/mol. The maximum atomic E-state index is 11.9. The zero-order chi connectivity index (χ0) is 15.1. The maximum Gasteiger partial charge on any atom is 0.343 e. The van der Waals surface area contributed by atoms with Gasteiger partial charge in [-0.2, -0.15) is 0 Å². The summed E-state index contributed by atoms with van der Waals surface area (Å²) in [5.41, 5.74) is 8.87. The fourth-order valence-corrected chi connectivity index (χ4v) is 1.42. The number of benzene rings is 1. The Hall–Kier alpha value is -2.79. The molecule has 0 aliphatic heterocycles. The summed E-state index contributed by atoms with van der Waals surface area (Å²) < 4.78 is 5.07. The number of nitrogens with zero attached hydrogens (tertiary/aromatic N) is 3. The molecule has 1 N–H and O–H groups in total. The van der Waals surface area contributed by atoms with Crippen molar-refractivity contribution >= 4 is 17.6 Å². The summed E-state index contributed by atoms with van der Waals surface area (Å²) in [5, 5.41) is 12.2. The Balaban J connectivity index is 2.93. The van der Waals surface area contributed by atoms with Gasteiger partial charge in [-0.05, 0) is 24.6 Å². The Morgan fingerprint density at radius 2 is 1.95 bits per heavy atom. The van der Waals surface area contributed by atoms with Crippen LogP contribution < -0.4 is 0 Å². The highest BCUT2D eigenvalue weighted by atomic mass is 16.5. The van der Waals surface area contributed by atoms with Gasteiger partial charge in [-0.3, -0.25) is 0 Å². The second-order valence-corrected chi connectivity index (χ2v) is 3.83. The quantitative estimate of drug-likeness (QED) is 0.221. The van der Waals surface area contributed by atoms with Crippen LogP contribution in [0, 0.1) is 0 Å². The number of carboxylic acids is 1. The molecule has 104 valence electrons. The third-order valence-corrected chi connectivity index (χ3v) is 2.54. The summed E-state index contributed by atoms with van der Waals surface area (Å²) in [5.74, 6) is -1.68. The second kappa shape index (κ2) is 6.96. The number of rotatable bonds is 5. The van der Waals surface area contributed by atoms with Crippen molar-refractivity contribution in [1.82, 2.24) is 0 Å². The summed E-state index contributed by atoms with van der Waals surface area (Å²) in [6.07, 6.45) is 0.292. The first-order valence-electron chi connectivity index (χ1n) is 5.80. The Morgan fingerprint density at radius 3 is 2.40 bits per heavy atom. The molecule has 0 fully saturated rings. The van der Waals surface area contributed by atoms with Gasteiger partial charge in [0, 0.05) is 17.0 Å². The average Bonchev–Trinajstić information content (AvgIpc) is 2.44. The van der Waals surface area contributed by atoms with Crippen molar-refractivity contribution in [3.8, 4) is 0 Å². The highest BCUT2D eigenvalue weighted by Gasteiger charge is 2.14.